The molecule has 0 spiro atoms. The van der Waals surface area contributed by atoms with E-state index in [1.165, 1.54) is 16.5 Å². The molecule has 11 heteroatoms. The first-order valence-corrected chi connectivity index (χ1v) is 13.5. The molecule has 2 aliphatic heterocycles. The molecule has 0 N–H and O–H groups in total. The predicted octanol–water partition coefficient (Wildman–Crippen LogP) is 3.19. The Bertz CT molecular complexity index is 1380. The highest BCUT2D eigenvalue weighted by atomic mass is 32.2. The Balaban J connectivity index is 1.48. The Kier molecular flexibility index (Phi) is 6.16. The van der Waals surface area contributed by atoms with Crippen molar-refractivity contribution in [2.75, 3.05) is 31.1 Å². The Morgan fingerprint density at radius 1 is 1.11 bits per heavy atom. The van der Waals surface area contributed by atoms with Crippen molar-refractivity contribution in [1.82, 2.24) is 18.8 Å². The molecule has 0 bridgehead atoms. The average Bonchev–Trinajstić information content (AvgIpc) is 3.28. The fourth-order valence-electron chi connectivity index (χ4n) is 4.79. The van der Waals surface area contributed by atoms with E-state index in [2.05, 4.69) is 14.9 Å². The molecule has 2 saturated heterocycles. The van der Waals surface area contributed by atoms with Gasteiger partial charge >= 0.3 is 6.09 Å². The van der Waals surface area contributed by atoms with Crippen LogP contribution in [-0.4, -0.2) is 77.3 Å². The average molecular weight is 514 g/mol. The number of likely N-dealkylation sites (tertiary alicyclic amines) is 1. The van der Waals surface area contributed by atoms with E-state index in [1.807, 2.05) is 27.7 Å². The maximum atomic E-state index is 13.4. The third-order valence-corrected chi connectivity index (χ3v) is 8.19. The fraction of sp³-hybridized carbons (Fsp3) is 0.480. The highest BCUT2D eigenvalue weighted by molar-refractivity contribution is 7.90. The van der Waals surface area contributed by atoms with Crippen molar-refractivity contribution in [2.45, 2.75) is 56.8 Å². The molecule has 0 saturated carbocycles. The number of ether oxygens (including phenoxy) is 2. The maximum absolute atomic E-state index is 13.4. The number of aromatic nitrogens is 3. The molecule has 5 rings (SSSR count). The first-order chi connectivity index (χ1) is 17.0. The molecular formula is C25H31N5O5S. The third-order valence-electron chi connectivity index (χ3n) is 6.51. The summed E-state index contributed by atoms with van der Waals surface area (Å²) in [5.41, 5.74) is 0.704. The number of carbonyl (C=O) groups is 1. The van der Waals surface area contributed by atoms with Crippen molar-refractivity contribution in [3.8, 4) is 0 Å². The van der Waals surface area contributed by atoms with Crippen molar-refractivity contribution < 1.29 is 22.7 Å². The van der Waals surface area contributed by atoms with Crippen molar-refractivity contribution >= 4 is 33.0 Å². The van der Waals surface area contributed by atoms with Crippen LogP contribution in [0, 0.1) is 6.92 Å². The number of hydrogen-bond acceptors (Lipinski definition) is 8. The minimum Gasteiger partial charge on any atom is -0.444 e. The lowest BCUT2D eigenvalue weighted by Gasteiger charge is -2.47. The zero-order valence-corrected chi connectivity index (χ0v) is 21.7. The van der Waals surface area contributed by atoms with Crippen LogP contribution in [-0.2, 0) is 19.5 Å². The lowest BCUT2D eigenvalue weighted by atomic mass is 9.98. The summed E-state index contributed by atoms with van der Waals surface area (Å²) in [5.74, 6) is 0.627. The number of anilines is 1. The first-order valence-electron chi connectivity index (χ1n) is 12.0. The number of hydrogen-bond donors (Lipinski definition) is 0. The van der Waals surface area contributed by atoms with Crippen molar-refractivity contribution in [2.24, 2.45) is 0 Å². The lowest BCUT2D eigenvalue weighted by molar-refractivity contribution is -0.0371. The topological polar surface area (TPSA) is 107 Å². The van der Waals surface area contributed by atoms with Crippen LogP contribution in [0.25, 0.3) is 11.0 Å². The molecule has 10 nitrogen and oxygen atoms in total. The van der Waals surface area contributed by atoms with Crippen molar-refractivity contribution in [3.05, 3.63) is 48.4 Å². The Morgan fingerprint density at radius 3 is 2.58 bits per heavy atom. The van der Waals surface area contributed by atoms with E-state index in [4.69, 9.17) is 9.47 Å². The minimum absolute atomic E-state index is 0.0687. The van der Waals surface area contributed by atoms with Gasteiger partial charge in [-0.15, -0.1) is 0 Å². The van der Waals surface area contributed by atoms with Gasteiger partial charge in [-0.25, -0.2) is 27.2 Å². The number of amides is 1. The molecule has 36 heavy (non-hydrogen) atoms. The lowest BCUT2D eigenvalue weighted by Crippen LogP contribution is -2.61. The largest absolute Gasteiger partial charge is 0.444 e. The van der Waals surface area contributed by atoms with Crippen molar-refractivity contribution in [3.63, 3.8) is 0 Å². The van der Waals surface area contributed by atoms with Crippen LogP contribution in [0.1, 0.15) is 32.8 Å². The number of nitrogens with zero attached hydrogens (tertiary/aromatic N) is 5. The maximum Gasteiger partial charge on any atom is 0.410 e. The zero-order chi connectivity index (χ0) is 25.7. The molecule has 1 aromatic carbocycles. The SMILES string of the molecule is Cc1ccc(S(=O)(=O)n2ccc3c(N4CCO[C@H]5CCN(C(=O)OC(C)(C)C)C[C@H]54)ncnc32)cc1. The molecule has 2 aromatic heterocycles. The van der Waals surface area contributed by atoms with E-state index in [9.17, 15) is 13.2 Å². The summed E-state index contributed by atoms with van der Waals surface area (Å²) in [5, 5.41) is 0.628. The number of morpholine rings is 1. The second-order valence-electron chi connectivity index (χ2n) is 10.2. The number of piperidine rings is 1. The van der Waals surface area contributed by atoms with Crippen LogP contribution in [0.2, 0.25) is 0 Å². The van der Waals surface area contributed by atoms with Gasteiger partial charge in [0.25, 0.3) is 10.0 Å². The smallest absolute Gasteiger partial charge is 0.410 e. The molecule has 192 valence electrons. The quantitative estimate of drug-likeness (QED) is 0.526. The minimum atomic E-state index is -3.83. The molecule has 0 aliphatic carbocycles. The summed E-state index contributed by atoms with van der Waals surface area (Å²) in [6.45, 7) is 9.50. The van der Waals surface area contributed by atoms with Gasteiger partial charge in [0, 0.05) is 25.8 Å². The molecule has 3 aromatic rings. The van der Waals surface area contributed by atoms with E-state index < -0.39 is 15.6 Å². The number of carbonyl (C=O) groups excluding carboxylic acids is 1. The zero-order valence-electron chi connectivity index (χ0n) is 20.9. The number of aryl methyl sites for hydroxylation is 1. The van der Waals surface area contributed by atoms with Crippen LogP contribution >= 0.6 is 0 Å². The second-order valence-corrected chi connectivity index (χ2v) is 12.1. The second kappa shape index (κ2) is 9.04. The van der Waals surface area contributed by atoms with Gasteiger partial charge in [-0.1, -0.05) is 17.7 Å². The molecular weight excluding hydrogens is 482 g/mol. The Morgan fingerprint density at radius 2 is 1.86 bits per heavy atom. The summed E-state index contributed by atoms with van der Waals surface area (Å²) in [6, 6.07) is 8.32. The van der Waals surface area contributed by atoms with Crippen LogP contribution in [0.4, 0.5) is 10.6 Å². The fourth-order valence-corrected chi connectivity index (χ4v) is 6.09. The van der Waals surface area contributed by atoms with Gasteiger partial charge < -0.3 is 19.3 Å². The van der Waals surface area contributed by atoms with Crippen LogP contribution in [0.5, 0.6) is 0 Å². The summed E-state index contributed by atoms with van der Waals surface area (Å²) < 4.78 is 39.6. The third kappa shape index (κ3) is 4.53. The number of benzene rings is 1. The number of fused-ring (bicyclic) bond motifs is 2. The van der Waals surface area contributed by atoms with E-state index in [0.717, 1.165) is 5.56 Å². The molecule has 0 unspecified atom stereocenters. The highest BCUT2D eigenvalue weighted by Crippen LogP contribution is 2.33. The monoisotopic (exact) mass is 513 g/mol. The van der Waals surface area contributed by atoms with Gasteiger partial charge in [-0.05, 0) is 52.3 Å². The van der Waals surface area contributed by atoms with Crippen molar-refractivity contribution in [1.29, 1.82) is 0 Å². The van der Waals surface area contributed by atoms with Gasteiger partial charge in [0.1, 0.15) is 17.7 Å². The molecule has 4 heterocycles. The predicted molar refractivity (Wildman–Crippen MR) is 135 cm³/mol. The van der Waals surface area contributed by atoms with Gasteiger partial charge in [0.15, 0.2) is 5.65 Å². The summed E-state index contributed by atoms with van der Waals surface area (Å²) >= 11 is 0. The molecule has 2 atom stereocenters. The van der Waals surface area contributed by atoms with E-state index in [-0.39, 0.29) is 23.1 Å². The summed E-state index contributed by atoms with van der Waals surface area (Å²) in [4.78, 5) is 25.6. The van der Waals surface area contributed by atoms with E-state index in [1.54, 1.807) is 35.2 Å². The molecule has 2 fully saturated rings. The normalized spacial score (nSPS) is 20.9. The van der Waals surface area contributed by atoms with E-state index >= 15 is 0 Å². The van der Waals surface area contributed by atoms with Gasteiger partial charge in [-0.2, -0.15) is 0 Å². The molecule has 0 radical (unpaired) electrons. The van der Waals surface area contributed by atoms with Crippen LogP contribution < -0.4 is 4.90 Å². The first kappa shape index (κ1) is 24.5. The van der Waals surface area contributed by atoms with Gasteiger partial charge in [-0.3, -0.25) is 0 Å². The summed E-state index contributed by atoms with van der Waals surface area (Å²) in [6.07, 6.45) is 3.16. The summed E-state index contributed by atoms with van der Waals surface area (Å²) in [7, 11) is -3.83. The Hall–Kier alpha value is -3.18. The van der Waals surface area contributed by atoms with Gasteiger partial charge in [0.05, 0.1) is 29.0 Å². The number of rotatable bonds is 3. The molecule has 2 aliphatic rings. The highest BCUT2D eigenvalue weighted by Gasteiger charge is 2.41. The van der Waals surface area contributed by atoms with E-state index in [0.29, 0.717) is 49.5 Å². The van der Waals surface area contributed by atoms with Crippen LogP contribution in [0.3, 0.4) is 0 Å². The Labute approximate surface area is 210 Å². The van der Waals surface area contributed by atoms with Gasteiger partial charge in [0.2, 0.25) is 0 Å². The molecule has 1 amide bonds. The standard InChI is InChI=1S/C25H31N5O5S/c1-17-5-7-18(8-6-17)36(32,33)30-12-9-19-22(26-16-27-23(19)30)29-13-14-34-21-10-11-28(15-20(21)29)24(31)35-25(2,3)4/h5-9,12,16,20-21H,10-11,13-15H2,1-4H3/t20-,21+/m1/s1. The van der Waals surface area contributed by atoms with Crippen LogP contribution in [0.15, 0.2) is 47.8 Å².